The quantitative estimate of drug-likeness (QED) is 0.877. The Balaban J connectivity index is 1.65. The third-order valence-electron chi connectivity index (χ3n) is 3.85. The molecule has 2 heterocycles. The summed E-state index contributed by atoms with van der Waals surface area (Å²) in [5.41, 5.74) is 0.0265. The Hall–Kier alpha value is -2.83. The number of carbonyl (C=O) groups excluding carboxylic acids is 1. The van der Waals surface area contributed by atoms with Gasteiger partial charge in [-0.25, -0.2) is 4.79 Å². The second-order valence-electron chi connectivity index (χ2n) is 5.39. The monoisotopic (exact) mass is 315 g/mol. The van der Waals surface area contributed by atoms with E-state index in [4.69, 9.17) is 9.84 Å². The van der Waals surface area contributed by atoms with E-state index in [2.05, 4.69) is 10.2 Å². The Kier molecular flexibility index (Phi) is 4.27. The molecule has 3 rings (SSSR count). The number of likely N-dealkylation sites (tertiary alicyclic amines) is 1. The van der Waals surface area contributed by atoms with E-state index in [1.165, 1.54) is 6.07 Å². The van der Waals surface area contributed by atoms with Crippen LogP contribution in [0.25, 0.3) is 0 Å². The van der Waals surface area contributed by atoms with Gasteiger partial charge in [0.05, 0.1) is 6.04 Å². The van der Waals surface area contributed by atoms with Crippen LogP contribution in [0.15, 0.2) is 36.4 Å². The molecule has 0 saturated carbocycles. The van der Waals surface area contributed by atoms with Gasteiger partial charge in [0.25, 0.3) is 5.91 Å². The zero-order chi connectivity index (χ0) is 16.2. The Morgan fingerprint density at radius 3 is 2.83 bits per heavy atom. The number of hydrogen-bond donors (Lipinski definition) is 2. The highest BCUT2D eigenvalue weighted by molar-refractivity contribution is 5.95. The van der Waals surface area contributed by atoms with Crippen LogP contribution in [0, 0.1) is 0 Å². The van der Waals surface area contributed by atoms with Crippen molar-refractivity contribution in [3.63, 3.8) is 0 Å². The maximum Gasteiger partial charge on any atom is 0.353 e. The maximum absolute atomic E-state index is 12.5. The van der Waals surface area contributed by atoms with Crippen molar-refractivity contribution in [3.05, 3.63) is 47.8 Å². The molecule has 1 aliphatic heterocycles. The fourth-order valence-corrected chi connectivity index (χ4v) is 2.67. The standard InChI is InChI=1S/C16H17N3O4/c20-15(13-9-14(16(21)22)18-17-13)19-8-4-5-11(19)10-23-12-6-2-1-3-7-12/h1-3,6-7,9,11H,4-5,8,10H2,(H,17,18)(H,21,22)/t11-/m1/s1. The van der Waals surface area contributed by atoms with Gasteiger partial charge in [0.1, 0.15) is 18.1 Å². The van der Waals surface area contributed by atoms with Crippen molar-refractivity contribution in [2.75, 3.05) is 13.2 Å². The lowest BCUT2D eigenvalue weighted by Gasteiger charge is -2.24. The fourth-order valence-electron chi connectivity index (χ4n) is 2.67. The average Bonchev–Trinajstić information content (AvgIpc) is 3.22. The summed E-state index contributed by atoms with van der Waals surface area (Å²) in [6.07, 6.45) is 1.75. The molecular weight excluding hydrogens is 298 g/mol. The van der Waals surface area contributed by atoms with E-state index in [1.54, 1.807) is 4.90 Å². The van der Waals surface area contributed by atoms with E-state index in [0.29, 0.717) is 13.2 Å². The first-order valence-electron chi connectivity index (χ1n) is 7.42. The van der Waals surface area contributed by atoms with Crippen molar-refractivity contribution >= 4 is 11.9 Å². The molecule has 0 bridgehead atoms. The van der Waals surface area contributed by atoms with Gasteiger partial charge >= 0.3 is 5.97 Å². The number of amides is 1. The van der Waals surface area contributed by atoms with E-state index < -0.39 is 5.97 Å². The Morgan fingerprint density at radius 2 is 2.13 bits per heavy atom. The number of H-pyrrole nitrogens is 1. The predicted molar refractivity (Wildman–Crippen MR) is 81.5 cm³/mol. The summed E-state index contributed by atoms with van der Waals surface area (Å²) in [7, 11) is 0. The van der Waals surface area contributed by atoms with Crippen LogP contribution in [-0.2, 0) is 0 Å². The molecule has 1 aromatic heterocycles. The molecule has 120 valence electrons. The van der Waals surface area contributed by atoms with Gasteiger partial charge in [0.2, 0.25) is 0 Å². The van der Waals surface area contributed by atoms with Gasteiger partial charge < -0.3 is 14.7 Å². The minimum absolute atomic E-state index is 0.0346. The SMILES string of the molecule is O=C(O)c1cc(C(=O)N2CCC[C@@H]2COc2ccccc2)n[nH]1. The van der Waals surface area contributed by atoms with Crippen LogP contribution in [0.2, 0.25) is 0 Å². The lowest BCUT2D eigenvalue weighted by atomic mass is 10.2. The number of aromatic carboxylic acids is 1. The third kappa shape index (κ3) is 3.33. The van der Waals surface area contributed by atoms with Crippen molar-refractivity contribution in [1.82, 2.24) is 15.1 Å². The molecule has 1 atom stereocenters. The summed E-state index contributed by atoms with van der Waals surface area (Å²) in [6, 6.07) is 10.7. The number of aromatic amines is 1. The first-order chi connectivity index (χ1) is 11.1. The second-order valence-corrected chi connectivity index (χ2v) is 5.39. The number of carboxylic acid groups (broad SMARTS) is 1. The van der Waals surface area contributed by atoms with Crippen molar-refractivity contribution < 1.29 is 19.4 Å². The van der Waals surface area contributed by atoms with Crippen LogP contribution >= 0.6 is 0 Å². The van der Waals surface area contributed by atoms with Crippen LogP contribution in [0.3, 0.4) is 0 Å². The summed E-state index contributed by atoms with van der Waals surface area (Å²) < 4.78 is 5.73. The summed E-state index contributed by atoms with van der Waals surface area (Å²) in [5.74, 6) is -0.644. The molecular formula is C16H17N3O4. The number of benzene rings is 1. The molecule has 7 heteroatoms. The zero-order valence-electron chi connectivity index (χ0n) is 12.4. The molecule has 0 aliphatic carbocycles. The summed E-state index contributed by atoms with van der Waals surface area (Å²) in [5, 5.41) is 15.0. The van der Waals surface area contributed by atoms with E-state index in [0.717, 1.165) is 18.6 Å². The number of ether oxygens (including phenoxy) is 1. The van der Waals surface area contributed by atoms with Gasteiger partial charge in [-0.1, -0.05) is 18.2 Å². The minimum atomic E-state index is -1.14. The van der Waals surface area contributed by atoms with E-state index >= 15 is 0 Å². The number of nitrogens with one attached hydrogen (secondary N) is 1. The molecule has 1 saturated heterocycles. The first-order valence-corrected chi connectivity index (χ1v) is 7.42. The molecule has 1 aliphatic rings. The van der Waals surface area contributed by atoms with Crippen LogP contribution in [0.5, 0.6) is 5.75 Å². The number of nitrogens with zero attached hydrogens (tertiary/aromatic N) is 2. The highest BCUT2D eigenvalue weighted by atomic mass is 16.5. The largest absolute Gasteiger partial charge is 0.491 e. The van der Waals surface area contributed by atoms with E-state index in [1.807, 2.05) is 30.3 Å². The number of para-hydroxylation sites is 1. The van der Waals surface area contributed by atoms with Crippen molar-refractivity contribution in [2.24, 2.45) is 0 Å². The molecule has 7 nitrogen and oxygen atoms in total. The molecule has 23 heavy (non-hydrogen) atoms. The highest BCUT2D eigenvalue weighted by Crippen LogP contribution is 2.21. The average molecular weight is 315 g/mol. The Morgan fingerprint density at radius 1 is 1.35 bits per heavy atom. The van der Waals surface area contributed by atoms with Gasteiger partial charge in [-0.05, 0) is 25.0 Å². The van der Waals surface area contributed by atoms with Crippen LogP contribution < -0.4 is 4.74 Å². The Labute approximate surface area is 132 Å². The fraction of sp³-hybridized carbons (Fsp3) is 0.312. The van der Waals surface area contributed by atoms with Gasteiger partial charge in [-0.3, -0.25) is 9.89 Å². The molecule has 0 unspecified atom stereocenters. The van der Waals surface area contributed by atoms with Crippen LogP contribution in [0.4, 0.5) is 0 Å². The van der Waals surface area contributed by atoms with Gasteiger partial charge in [-0.15, -0.1) is 0 Å². The molecule has 2 N–H and O–H groups in total. The van der Waals surface area contributed by atoms with Gasteiger partial charge in [0.15, 0.2) is 5.69 Å². The lowest BCUT2D eigenvalue weighted by Crippen LogP contribution is -2.39. The van der Waals surface area contributed by atoms with Gasteiger partial charge in [-0.2, -0.15) is 5.10 Å². The summed E-state index contributed by atoms with van der Waals surface area (Å²) >= 11 is 0. The second kappa shape index (κ2) is 6.51. The van der Waals surface area contributed by atoms with E-state index in [9.17, 15) is 9.59 Å². The smallest absolute Gasteiger partial charge is 0.353 e. The molecule has 1 fully saturated rings. The van der Waals surface area contributed by atoms with Crippen molar-refractivity contribution in [1.29, 1.82) is 0 Å². The molecule has 1 aromatic carbocycles. The summed E-state index contributed by atoms with van der Waals surface area (Å²) in [4.78, 5) is 25.1. The number of carboxylic acids is 1. The Bertz CT molecular complexity index is 698. The normalized spacial score (nSPS) is 17.2. The third-order valence-corrected chi connectivity index (χ3v) is 3.85. The topological polar surface area (TPSA) is 95.5 Å². The zero-order valence-corrected chi connectivity index (χ0v) is 12.4. The first kappa shape index (κ1) is 15.1. The molecule has 0 radical (unpaired) electrons. The van der Waals surface area contributed by atoms with Crippen LogP contribution in [-0.4, -0.2) is 51.3 Å². The highest BCUT2D eigenvalue weighted by Gasteiger charge is 2.31. The summed E-state index contributed by atoms with van der Waals surface area (Å²) in [6.45, 7) is 1.03. The van der Waals surface area contributed by atoms with Crippen LogP contribution in [0.1, 0.15) is 33.8 Å². The van der Waals surface area contributed by atoms with Crippen molar-refractivity contribution in [3.8, 4) is 5.75 Å². The minimum Gasteiger partial charge on any atom is -0.491 e. The number of rotatable bonds is 5. The molecule has 1 amide bonds. The van der Waals surface area contributed by atoms with E-state index in [-0.39, 0.29) is 23.3 Å². The van der Waals surface area contributed by atoms with Gasteiger partial charge in [0, 0.05) is 12.6 Å². The lowest BCUT2D eigenvalue weighted by molar-refractivity contribution is 0.0682. The maximum atomic E-state index is 12.5. The number of aromatic nitrogens is 2. The number of carbonyl (C=O) groups is 2. The van der Waals surface area contributed by atoms with Crippen molar-refractivity contribution in [2.45, 2.75) is 18.9 Å². The number of hydrogen-bond acceptors (Lipinski definition) is 4. The molecule has 2 aromatic rings. The predicted octanol–water partition coefficient (Wildman–Crippen LogP) is 1.79. The molecule has 0 spiro atoms.